The van der Waals surface area contributed by atoms with Crippen molar-refractivity contribution >= 4 is 0 Å². The van der Waals surface area contributed by atoms with Crippen LogP contribution in [0.4, 0.5) is 0 Å². The molecule has 0 saturated heterocycles. The van der Waals surface area contributed by atoms with Gasteiger partial charge in [0.2, 0.25) is 0 Å². The van der Waals surface area contributed by atoms with Crippen molar-refractivity contribution < 1.29 is 4.74 Å². The van der Waals surface area contributed by atoms with E-state index in [0.717, 1.165) is 44.3 Å². The summed E-state index contributed by atoms with van der Waals surface area (Å²) in [6.07, 6.45) is 3.64. The molecule has 0 fully saturated rings. The summed E-state index contributed by atoms with van der Waals surface area (Å²) in [7, 11) is 0. The molecule has 3 nitrogen and oxygen atoms in total. The molecule has 1 aliphatic rings. The van der Waals surface area contributed by atoms with Crippen LogP contribution in [-0.2, 0) is 6.54 Å². The Morgan fingerprint density at radius 1 is 1.25 bits per heavy atom. The van der Waals surface area contributed by atoms with Crippen LogP contribution in [-0.4, -0.2) is 30.6 Å². The van der Waals surface area contributed by atoms with Crippen molar-refractivity contribution in [2.24, 2.45) is 11.7 Å². The number of hydrogen-bond donors (Lipinski definition) is 1. The smallest absolute Gasteiger partial charge is 0.123 e. The van der Waals surface area contributed by atoms with Crippen molar-refractivity contribution in [1.29, 1.82) is 0 Å². The molecule has 2 N–H and O–H groups in total. The predicted octanol–water partition coefficient (Wildman–Crippen LogP) is 3.03. The van der Waals surface area contributed by atoms with Crippen LogP contribution in [0.25, 0.3) is 0 Å². The fourth-order valence-electron chi connectivity index (χ4n) is 2.86. The standard InChI is InChI=1S/C17H28N2O/c1-14(6-5-7-15(2)18)12-19-10-11-20-17-9-4-3-8-16(17)13-19/h3-4,8-9,14-15H,5-7,10-13,18H2,1-2H3. The van der Waals surface area contributed by atoms with Gasteiger partial charge in [-0.2, -0.15) is 0 Å². The van der Waals surface area contributed by atoms with Crippen LogP contribution in [0.1, 0.15) is 38.7 Å². The summed E-state index contributed by atoms with van der Waals surface area (Å²) in [6, 6.07) is 8.73. The molecule has 2 rings (SSSR count). The summed E-state index contributed by atoms with van der Waals surface area (Å²) in [5, 5.41) is 0. The Morgan fingerprint density at radius 2 is 2.05 bits per heavy atom. The van der Waals surface area contributed by atoms with Gasteiger partial charge in [0, 0.05) is 31.2 Å². The van der Waals surface area contributed by atoms with Crippen LogP contribution in [0.2, 0.25) is 0 Å². The number of rotatable bonds is 6. The summed E-state index contributed by atoms with van der Waals surface area (Å²) in [5.74, 6) is 1.78. The van der Waals surface area contributed by atoms with Crippen molar-refractivity contribution in [2.75, 3.05) is 19.7 Å². The molecule has 0 spiro atoms. The second-order valence-electron chi connectivity index (χ2n) is 6.20. The Balaban J connectivity index is 1.81. The minimum absolute atomic E-state index is 0.334. The van der Waals surface area contributed by atoms with E-state index in [2.05, 4.69) is 36.9 Å². The Labute approximate surface area is 123 Å². The van der Waals surface area contributed by atoms with Crippen molar-refractivity contribution in [3.8, 4) is 5.75 Å². The average Bonchev–Trinajstić information content (AvgIpc) is 2.59. The molecule has 1 aliphatic heterocycles. The highest BCUT2D eigenvalue weighted by atomic mass is 16.5. The molecular weight excluding hydrogens is 248 g/mol. The summed E-state index contributed by atoms with van der Waals surface area (Å²) < 4.78 is 5.81. The molecule has 1 aromatic carbocycles. The van der Waals surface area contributed by atoms with Gasteiger partial charge >= 0.3 is 0 Å². The van der Waals surface area contributed by atoms with E-state index >= 15 is 0 Å². The topological polar surface area (TPSA) is 38.5 Å². The van der Waals surface area contributed by atoms with E-state index in [1.165, 1.54) is 18.4 Å². The molecule has 0 aliphatic carbocycles. The number of nitrogens with two attached hydrogens (primary N) is 1. The summed E-state index contributed by atoms with van der Waals surface area (Å²) in [6.45, 7) is 8.41. The van der Waals surface area contributed by atoms with Crippen molar-refractivity contribution in [3.05, 3.63) is 29.8 Å². The van der Waals surface area contributed by atoms with Gasteiger partial charge in [0.25, 0.3) is 0 Å². The Hall–Kier alpha value is -1.06. The second-order valence-corrected chi connectivity index (χ2v) is 6.20. The minimum Gasteiger partial charge on any atom is -0.492 e. The van der Waals surface area contributed by atoms with Crippen molar-refractivity contribution in [2.45, 2.75) is 45.7 Å². The lowest BCUT2D eigenvalue weighted by Gasteiger charge is -2.23. The number of hydrogen-bond acceptors (Lipinski definition) is 3. The Kier molecular flexibility index (Phi) is 5.86. The second kappa shape index (κ2) is 7.65. The molecule has 1 aromatic rings. The average molecular weight is 276 g/mol. The van der Waals surface area contributed by atoms with Gasteiger partial charge in [-0.15, -0.1) is 0 Å². The van der Waals surface area contributed by atoms with Crippen LogP contribution in [0, 0.1) is 5.92 Å². The number of nitrogens with zero attached hydrogens (tertiary/aromatic N) is 1. The third kappa shape index (κ3) is 4.80. The first-order valence-corrected chi connectivity index (χ1v) is 7.84. The third-order valence-corrected chi connectivity index (χ3v) is 3.96. The van der Waals surface area contributed by atoms with Gasteiger partial charge in [0.05, 0.1) is 0 Å². The first-order chi connectivity index (χ1) is 9.65. The monoisotopic (exact) mass is 276 g/mol. The molecule has 0 saturated carbocycles. The molecule has 0 aromatic heterocycles. The largest absolute Gasteiger partial charge is 0.492 e. The SMILES string of the molecule is CC(N)CCCC(C)CN1CCOc2ccccc2C1. The summed E-state index contributed by atoms with van der Waals surface area (Å²) in [4.78, 5) is 2.52. The molecule has 2 unspecified atom stereocenters. The van der Waals surface area contributed by atoms with Gasteiger partial charge in [0.15, 0.2) is 0 Å². The lowest BCUT2D eigenvalue weighted by atomic mass is 10.0. The lowest BCUT2D eigenvalue weighted by molar-refractivity contribution is 0.198. The Bertz CT molecular complexity index is 406. The fourth-order valence-corrected chi connectivity index (χ4v) is 2.86. The third-order valence-electron chi connectivity index (χ3n) is 3.96. The van der Waals surface area contributed by atoms with Crippen molar-refractivity contribution in [3.63, 3.8) is 0 Å². The highest BCUT2D eigenvalue weighted by molar-refractivity contribution is 5.33. The van der Waals surface area contributed by atoms with Crippen LogP contribution in [0.5, 0.6) is 5.75 Å². The van der Waals surface area contributed by atoms with Crippen molar-refractivity contribution in [1.82, 2.24) is 4.90 Å². The molecule has 2 atom stereocenters. The van der Waals surface area contributed by atoms with Crippen LogP contribution < -0.4 is 10.5 Å². The van der Waals surface area contributed by atoms with E-state index in [0.29, 0.717) is 6.04 Å². The number of fused-ring (bicyclic) bond motifs is 1. The normalized spacial score (nSPS) is 18.8. The van der Waals surface area contributed by atoms with Gasteiger partial charge in [-0.25, -0.2) is 0 Å². The van der Waals surface area contributed by atoms with Crippen LogP contribution in [0.15, 0.2) is 24.3 Å². The Morgan fingerprint density at radius 3 is 2.85 bits per heavy atom. The zero-order valence-corrected chi connectivity index (χ0v) is 12.8. The highest BCUT2D eigenvalue weighted by Gasteiger charge is 2.16. The van der Waals surface area contributed by atoms with Gasteiger partial charge in [-0.1, -0.05) is 31.5 Å². The number of benzene rings is 1. The summed E-state index contributed by atoms with van der Waals surface area (Å²) in [5.41, 5.74) is 7.12. The molecular formula is C17H28N2O. The first-order valence-electron chi connectivity index (χ1n) is 7.84. The highest BCUT2D eigenvalue weighted by Crippen LogP contribution is 2.23. The number of para-hydroxylation sites is 1. The zero-order chi connectivity index (χ0) is 14.4. The maximum Gasteiger partial charge on any atom is 0.123 e. The first kappa shape index (κ1) is 15.3. The van der Waals surface area contributed by atoms with E-state index < -0.39 is 0 Å². The van der Waals surface area contributed by atoms with E-state index in [4.69, 9.17) is 10.5 Å². The molecule has 1 heterocycles. The molecule has 3 heteroatoms. The molecule has 0 bridgehead atoms. The van der Waals surface area contributed by atoms with E-state index in [-0.39, 0.29) is 0 Å². The maximum absolute atomic E-state index is 5.81. The van der Waals surface area contributed by atoms with E-state index in [1.54, 1.807) is 0 Å². The predicted molar refractivity (Wildman–Crippen MR) is 83.9 cm³/mol. The fraction of sp³-hybridized carbons (Fsp3) is 0.647. The molecule has 20 heavy (non-hydrogen) atoms. The van der Waals surface area contributed by atoms with Gasteiger partial charge in [0.1, 0.15) is 12.4 Å². The van der Waals surface area contributed by atoms with E-state index in [1.807, 2.05) is 6.07 Å². The quantitative estimate of drug-likeness (QED) is 0.868. The lowest BCUT2D eigenvalue weighted by Crippen LogP contribution is -2.30. The van der Waals surface area contributed by atoms with Gasteiger partial charge in [-0.05, 0) is 31.7 Å². The van der Waals surface area contributed by atoms with Crippen LogP contribution >= 0.6 is 0 Å². The van der Waals surface area contributed by atoms with Gasteiger partial charge < -0.3 is 10.5 Å². The minimum atomic E-state index is 0.334. The zero-order valence-electron chi connectivity index (χ0n) is 12.8. The van der Waals surface area contributed by atoms with Gasteiger partial charge in [-0.3, -0.25) is 4.90 Å². The molecule has 0 radical (unpaired) electrons. The van der Waals surface area contributed by atoms with Crippen LogP contribution in [0.3, 0.4) is 0 Å². The van der Waals surface area contributed by atoms with E-state index in [9.17, 15) is 0 Å². The number of ether oxygens (including phenoxy) is 1. The summed E-state index contributed by atoms with van der Waals surface area (Å²) >= 11 is 0. The molecule has 0 amide bonds. The maximum atomic E-state index is 5.81. The molecule has 112 valence electrons.